The Labute approximate surface area is 70.7 Å². The minimum atomic E-state index is 0.903. The van der Waals surface area contributed by atoms with Gasteiger partial charge in [-0.25, -0.2) is 0 Å². The van der Waals surface area contributed by atoms with Gasteiger partial charge >= 0.3 is 0 Å². The van der Waals surface area contributed by atoms with Crippen molar-refractivity contribution in [2.24, 2.45) is 5.92 Å². The summed E-state index contributed by atoms with van der Waals surface area (Å²) in [7, 11) is 0. The number of hydrogen-bond acceptors (Lipinski definition) is 0. The Morgan fingerprint density at radius 2 is 2.18 bits per heavy atom. The standard InChI is InChI=1S/C11H20/c1-2-8-11-9-6-4-3-5-7-10-11/h6,9,11H,2-5,7-8,10H2,1H3. The Morgan fingerprint density at radius 3 is 3.00 bits per heavy atom. The lowest BCUT2D eigenvalue weighted by Gasteiger charge is -2.13. The molecule has 0 aliphatic heterocycles. The molecule has 0 heteroatoms. The molecule has 1 atom stereocenters. The lowest BCUT2D eigenvalue weighted by Crippen LogP contribution is -1.97. The van der Waals surface area contributed by atoms with Gasteiger partial charge in [0.15, 0.2) is 0 Å². The molecule has 0 aromatic heterocycles. The maximum Gasteiger partial charge on any atom is -0.0234 e. The molecule has 0 nitrogen and oxygen atoms in total. The fraction of sp³-hybridized carbons (Fsp3) is 0.818. The molecule has 0 bridgehead atoms. The number of allylic oxidation sites excluding steroid dienone is 2. The molecule has 0 aromatic rings. The third kappa shape index (κ3) is 3.60. The monoisotopic (exact) mass is 152 g/mol. The first-order chi connectivity index (χ1) is 5.43. The lowest BCUT2D eigenvalue weighted by molar-refractivity contribution is 0.487. The molecule has 0 heterocycles. The van der Waals surface area contributed by atoms with Crippen LogP contribution in [-0.2, 0) is 0 Å². The third-order valence-electron chi connectivity index (χ3n) is 2.51. The summed E-state index contributed by atoms with van der Waals surface area (Å²) in [5, 5.41) is 0. The molecule has 0 radical (unpaired) electrons. The van der Waals surface area contributed by atoms with Crippen LogP contribution in [0.3, 0.4) is 0 Å². The second-order valence-corrected chi connectivity index (χ2v) is 3.61. The summed E-state index contributed by atoms with van der Waals surface area (Å²) in [5.41, 5.74) is 0. The molecule has 0 N–H and O–H groups in total. The molecule has 0 spiro atoms. The van der Waals surface area contributed by atoms with Gasteiger partial charge in [0, 0.05) is 0 Å². The van der Waals surface area contributed by atoms with Crippen LogP contribution in [0.15, 0.2) is 12.2 Å². The zero-order valence-electron chi connectivity index (χ0n) is 7.68. The molecule has 1 aliphatic rings. The summed E-state index contributed by atoms with van der Waals surface area (Å²) < 4.78 is 0. The summed E-state index contributed by atoms with van der Waals surface area (Å²) in [6.07, 6.45) is 14.6. The summed E-state index contributed by atoms with van der Waals surface area (Å²) in [5.74, 6) is 0.903. The molecular weight excluding hydrogens is 132 g/mol. The van der Waals surface area contributed by atoms with E-state index in [1.54, 1.807) is 0 Å². The highest BCUT2D eigenvalue weighted by atomic mass is 14.1. The Bertz CT molecular complexity index is 113. The predicted octanol–water partition coefficient (Wildman–Crippen LogP) is 3.92. The van der Waals surface area contributed by atoms with Gasteiger partial charge in [0.1, 0.15) is 0 Å². The van der Waals surface area contributed by atoms with Crippen LogP contribution in [0, 0.1) is 5.92 Å². The molecule has 64 valence electrons. The summed E-state index contributed by atoms with van der Waals surface area (Å²) in [4.78, 5) is 0. The molecule has 1 aliphatic carbocycles. The number of rotatable bonds is 2. The van der Waals surface area contributed by atoms with Crippen molar-refractivity contribution in [3.05, 3.63) is 12.2 Å². The highest BCUT2D eigenvalue weighted by Gasteiger charge is 2.04. The van der Waals surface area contributed by atoms with E-state index in [0.29, 0.717) is 0 Å². The maximum atomic E-state index is 2.45. The molecule has 0 aromatic carbocycles. The zero-order chi connectivity index (χ0) is 7.94. The average molecular weight is 152 g/mol. The fourth-order valence-electron chi connectivity index (χ4n) is 1.84. The Balaban J connectivity index is 2.29. The third-order valence-corrected chi connectivity index (χ3v) is 2.51. The van der Waals surface area contributed by atoms with E-state index in [0.717, 1.165) is 5.92 Å². The Kier molecular flexibility index (Phi) is 4.33. The van der Waals surface area contributed by atoms with Crippen molar-refractivity contribution in [1.29, 1.82) is 0 Å². The lowest BCUT2D eigenvalue weighted by atomic mass is 9.93. The molecule has 1 unspecified atom stereocenters. The fourth-order valence-corrected chi connectivity index (χ4v) is 1.84. The summed E-state index contributed by atoms with van der Waals surface area (Å²) >= 11 is 0. The first-order valence-corrected chi connectivity index (χ1v) is 5.10. The van der Waals surface area contributed by atoms with Crippen LogP contribution in [0.25, 0.3) is 0 Å². The van der Waals surface area contributed by atoms with Gasteiger partial charge in [-0.05, 0) is 31.6 Å². The van der Waals surface area contributed by atoms with Gasteiger partial charge in [-0.1, -0.05) is 38.3 Å². The van der Waals surface area contributed by atoms with Gasteiger partial charge in [0.25, 0.3) is 0 Å². The van der Waals surface area contributed by atoms with Gasteiger partial charge in [-0.15, -0.1) is 0 Å². The Hall–Kier alpha value is -0.260. The number of hydrogen-bond donors (Lipinski definition) is 0. The molecule has 0 saturated carbocycles. The van der Waals surface area contributed by atoms with Crippen molar-refractivity contribution in [2.75, 3.05) is 0 Å². The van der Waals surface area contributed by atoms with E-state index in [1.807, 2.05) is 0 Å². The molecule has 0 fully saturated rings. The highest BCUT2D eigenvalue weighted by Crippen LogP contribution is 2.20. The van der Waals surface area contributed by atoms with E-state index in [4.69, 9.17) is 0 Å². The molecular formula is C11H20. The predicted molar refractivity (Wildman–Crippen MR) is 50.6 cm³/mol. The highest BCUT2D eigenvalue weighted by molar-refractivity contribution is 4.89. The van der Waals surface area contributed by atoms with Crippen molar-refractivity contribution in [2.45, 2.75) is 51.9 Å². The van der Waals surface area contributed by atoms with Gasteiger partial charge < -0.3 is 0 Å². The summed E-state index contributed by atoms with van der Waals surface area (Å²) in [6.45, 7) is 2.28. The first kappa shape index (κ1) is 8.83. The van der Waals surface area contributed by atoms with E-state index in [9.17, 15) is 0 Å². The second kappa shape index (κ2) is 5.40. The zero-order valence-corrected chi connectivity index (χ0v) is 7.68. The molecule has 11 heavy (non-hydrogen) atoms. The quantitative estimate of drug-likeness (QED) is 0.526. The van der Waals surface area contributed by atoms with Gasteiger partial charge in [-0.3, -0.25) is 0 Å². The van der Waals surface area contributed by atoms with Crippen molar-refractivity contribution in [3.8, 4) is 0 Å². The van der Waals surface area contributed by atoms with Crippen LogP contribution in [0.1, 0.15) is 51.9 Å². The van der Waals surface area contributed by atoms with Crippen LogP contribution in [0.2, 0.25) is 0 Å². The van der Waals surface area contributed by atoms with E-state index in [-0.39, 0.29) is 0 Å². The average Bonchev–Trinajstić information content (AvgIpc) is 1.94. The maximum absolute atomic E-state index is 2.45. The minimum Gasteiger partial charge on any atom is -0.0883 e. The van der Waals surface area contributed by atoms with E-state index in [1.165, 1.54) is 44.9 Å². The van der Waals surface area contributed by atoms with Crippen molar-refractivity contribution in [1.82, 2.24) is 0 Å². The largest absolute Gasteiger partial charge is 0.0883 e. The SMILES string of the molecule is CCCC1C=CCCCCC1. The van der Waals surface area contributed by atoms with Crippen LogP contribution in [0.4, 0.5) is 0 Å². The van der Waals surface area contributed by atoms with Crippen molar-refractivity contribution < 1.29 is 0 Å². The van der Waals surface area contributed by atoms with Crippen LogP contribution in [0.5, 0.6) is 0 Å². The molecule has 0 amide bonds. The normalized spacial score (nSPS) is 26.1. The minimum absolute atomic E-state index is 0.903. The van der Waals surface area contributed by atoms with Gasteiger partial charge in [0.2, 0.25) is 0 Å². The summed E-state index contributed by atoms with van der Waals surface area (Å²) in [6, 6.07) is 0. The van der Waals surface area contributed by atoms with Crippen LogP contribution < -0.4 is 0 Å². The van der Waals surface area contributed by atoms with Crippen LogP contribution >= 0.6 is 0 Å². The van der Waals surface area contributed by atoms with Crippen molar-refractivity contribution >= 4 is 0 Å². The molecule has 0 saturated heterocycles. The Morgan fingerprint density at radius 1 is 1.27 bits per heavy atom. The smallest absolute Gasteiger partial charge is 0.0234 e. The van der Waals surface area contributed by atoms with Crippen molar-refractivity contribution in [3.63, 3.8) is 0 Å². The molecule has 1 rings (SSSR count). The second-order valence-electron chi connectivity index (χ2n) is 3.61. The van der Waals surface area contributed by atoms with Gasteiger partial charge in [-0.2, -0.15) is 0 Å². The van der Waals surface area contributed by atoms with Gasteiger partial charge in [0.05, 0.1) is 0 Å². The van der Waals surface area contributed by atoms with E-state index < -0.39 is 0 Å². The van der Waals surface area contributed by atoms with E-state index in [2.05, 4.69) is 19.1 Å². The topological polar surface area (TPSA) is 0 Å². The van der Waals surface area contributed by atoms with E-state index >= 15 is 0 Å². The van der Waals surface area contributed by atoms with Crippen LogP contribution in [-0.4, -0.2) is 0 Å². The first-order valence-electron chi connectivity index (χ1n) is 5.10.